The van der Waals surface area contributed by atoms with E-state index in [4.69, 9.17) is 28.3 Å². The van der Waals surface area contributed by atoms with E-state index in [0.29, 0.717) is 24.2 Å². The molecule has 0 aromatic heterocycles. The van der Waals surface area contributed by atoms with E-state index in [2.05, 4.69) is 36.7 Å². The van der Waals surface area contributed by atoms with Crippen LogP contribution in [0.25, 0.3) is 0 Å². The molecule has 4 rings (SSSR count). The summed E-state index contributed by atoms with van der Waals surface area (Å²) in [6, 6.07) is 8.96. The average molecular weight is 556 g/mol. The Balaban J connectivity index is 0.000000405. The number of amides is 2. The molecule has 1 saturated heterocycles. The van der Waals surface area contributed by atoms with Crippen LogP contribution in [0.4, 0.5) is 14.5 Å². The highest BCUT2D eigenvalue weighted by atomic mass is 35.5. The van der Waals surface area contributed by atoms with Gasteiger partial charge >= 0.3 is 0 Å². The molecule has 2 aromatic rings. The van der Waals surface area contributed by atoms with E-state index < -0.39 is 17.6 Å². The molecule has 2 amide bonds. The number of aliphatic hydroxyl groups excluding tert-OH is 1. The molecule has 0 radical (unpaired) electrons. The van der Waals surface area contributed by atoms with Crippen molar-refractivity contribution in [1.29, 1.82) is 0 Å². The van der Waals surface area contributed by atoms with E-state index >= 15 is 0 Å². The Bertz CT molecular complexity index is 1110. The highest BCUT2D eigenvalue weighted by molar-refractivity contribution is 6.31. The Morgan fingerprint density at radius 2 is 1.86 bits per heavy atom. The number of carbonyl (C=O) groups excluding carboxylic acids is 2. The monoisotopic (exact) mass is 555 g/mol. The van der Waals surface area contributed by atoms with Crippen LogP contribution in [0.2, 0.25) is 10.0 Å². The lowest BCUT2D eigenvalue weighted by Crippen LogP contribution is -2.43. The number of aliphatic hydroxyl groups is 1. The van der Waals surface area contributed by atoms with Gasteiger partial charge in [-0.3, -0.25) is 9.59 Å². The van der Waals surface area contributed by atoms with Gasteiger partial charge in [-0.05, 0) is 54.5 Å². The SMILES string of the molecule is CC(C)(C)CC1NCC(c2cccc(Cl)c2F)C1C(=O)Nc1ccc(F)c(Cl)c1.O=CNC1CC(O)C1. The third-order valence-corrected chi connectivity index (χ3v) is 7.17. The van der Waals surface area contributed by atoms with Crippen LogP contribution in [0.15, 0.2) is 36.4 Å². The predicted molar refractivity (Wildman–Crippen MR) is 142 cm³/mol. The second-order valence-corrected chi connectivity index (χ2v) is 11.6. The molecule has 2 aromatic carbocycles. The minimum atomic E-state index is -0.559. The van der Waals surface area contributed by atoms with Crippen LogP contribution in [0.1, 0.15) is 51.5 Å². The number of nitrogens with one attached hydrogen (secondary N) is 3. The fraction of sp³-hybridized carbons (Fsp3) is 0.481. The van der Waals surface area contributed by atoms with Crippen LogP contribution in [0.3, 0.4) is 0 Å². The minimum absolute atomic E-state index is 0.0306. The topological polar surface area (TPSA) is 90.5 Å². The molecular weight excluding hydrogens is 523 g/mol. The normalized spacial score (nSPS) is 24.9. The van der Waals surface area contributed by atoms with Crippen LogP contribution in [-0.2, 0) is 9.59 Å². The molecule has 3 unspecified atom stereocenters. The number of anilines is 1. The summed E-state index contributed by atoms with van der Waals surface area (Å²) in [7, 11) is 0. The van der Waals surface area contributed by atoms with Crippen LogP contribution in [-0.4, -0.2) is 42.2 Å². The molecule has 1 saturated carbocycles. The zero-order valence-electron chi connectivity index (χ0n) is 21.0. The van der Waals surface area contributed by atoms with Crippen LogP contribution >= 0.6 is 23.2 Å². The number of benzene rings is 2. The van der Waals surface area contributed by atoms with E-state index in [1.807, 2.05) is 0 Å². The van der Waals surface area contributed by atoms with Crippen molar-refractivity contribution in [3.05, 3.63) is 63.6 Å². The van der Waals surface area contributed by atoms with Gasteiger partial charge in [-0.15, -0.1) is 0 Å². The van der Waals surface area contributed by atoms with Crippen molar-refractivity contribution < 1.29 is 23.5 Å². The van der Waals surface area contributed by atoms with Gasteiger partial charge in [0, 0.05) is 30.2 Å². The summed E-state index contributed by atoms with van der Waals surface area (Å²) in [6.07, 6.45) is 2.68. The Morgan fingerprint density at radius 1 is 1.16 bits per heavy atom. The third-order valence-electron chi connectivity index (χ3n) is 6.59. The maximum atomic E-state index is 14.7. The lowest BCUT2D eigenvalue weighted by molar-refractivity contribution is -0.120. The smallest absolute Gasteiger partial charge is 0.229 e. The summed E-state index contributed by atoms with van der Waals surface area (Å²) in [5.41, 5.74) is 0.781. The van der Waals surface area contributed by atoms with Gasteiger partial charge in [-0.2, -0.15) is 0 Å². The molecule has 2 aliphatic rings. The molecule has 0 spiro atoms. The van der Waals surface area contributed by atoms with Crippen molar-refractivity contribution in [2.75, 3.05) is 11.9 Å². The first kappa shape index (κ1) is 29.3. The van der Waals surface area contributed by atoms with E-state index in [1.165, 1.54) is 24.3 Å². The molecular formula is C27H33Cl2F2N3O3. The van der Waals surface area contributed by atoms with Crippen molar-refractivity contribution in [1.82, 2.24) is 10.6 Å². The highest BCUT2D eigenvalue weighted by Gasteiger charge is 2.44. The molecule has 6 nitrogen and oxygen atoms in total. The summed E-state index contributed by atoms with van der Waals surface area (Å²) >= 11 is 11.8. The Morgan fingerprint density at radius 3 is 2.46 bits per heavy atom. The summed E-state index contributed by atoms with van der Waals surface area (Å²) in [5.74, 6) is -2.23. The van der Waals surface area contributed by atoms with Crippen LogP contribution < -0.4 is 16.0 Å². The van der Waals surface area contributed by atoms with Gasteiger partial charge in [0.1, 0.15) is 11.6 Å². The Kier molecular flexibility index (Phi) is 9.92. The van der Waals surface area contributed by atoms with Crippen molar-refractivity contribution in [2.24, 2.45) is 11.3 Å². The van der Waals surface area contributed by atoms with Gasteiger partial charge in [0.15, 0.2) is 0 Å². The molecule has 1 aliphatic carbocycles. The first-order valence-electron chi connectivity index (χ1n) is 12.2. The molecule has 0 bridgehead atoms. The molecule has 10 heteroatoms. The molecule has 202 valence electrons. The fourth-order valence-electron chi connectivity index (χ4n) is 4.77. The lowest BCUT2D eigenvalue weighted by Gasteiger charge is -2.30. The molecule has 1 aliphatic heterocycles. The molecule has 3 atom stereocenters. The Hall–Kier alpha value is -2.26. The van der Waals surface area contributed by atoms with Crippen LogP contribution in [0.5, 0.6) is 0 Å². The van der Waals surface area contributed by atoms with E-state index in [1.54, 1.807) is 12.1 Å². The molecule has 1 heterocycles. The summed E-state index contributed by atoms with van der Waals surface area (Å²) in [6.45, 7) is 6.74. The summed E-state index contributed by atoms with van der Waals surface area (Å²) in [4.78, 5) is 23.0. The predicted octanol–water partition coefficient (Wildman–Crippen LogP) is 5.27. The summed E-state index contributed by atoms with van der Waals surface area (Å²) < 4.78 is 28.2. The van der Waals surface area contributed by atoms with Gasteiger partial charge in [0.2, 0.25) is 12.3 Å². The largest absolute Gasteiger partial charge is 0.393 e. The number of halogens is 4. The molecule has 4 N–H and O–H groups in total. The van der Waals surface area contributed by atoms with Gasteiger partial charge < -0.3 is 21.1 Å². The van der Waals surface area contributed by atoms with Gasteiger partial charge in [0.05, 0.1) is 22.1 Å². The molecule has 37 heavy (non-hydrogen) atoms. The zero-order valence-corrected chi connectivity index (χ0v) is 22.5. The molecule has 2 fully saturated rings. The quantitative estimate of drug-likeness (QED) is 0.365. The first-order chi connectivity index (χ1) is 17.4. The zero-order chi connectivity index (χ0) is 27.3. The second-order valence-electron chi connectivity index (χ2n) is 10.8. The first-order valence-corrected chi connectivity index (χ1v) is 13.0. The van der Waals surface area contributed by atoms with E-state index in [-0.39, 0.29) is 45.5 Å². The van der Waals surface area contributed by atoms with Gasteiger partial charge in [-0.25, -0.2) is 8.78 Å². The van der Waals surface area contributed by atoms with E-state index in [9.17, 15) is 18.4 Å². The maximum absolute atomic E-state index is 14.7. The van der Waals surface area contributed by atoms with Gasteiger partial charge in [-0.1, -0.05) is 56.1 Å². The van der Waals surface area contributed by atoms with E-state index in [0.717, 1.165) is 19.3 Å². The standard InChI is InChI=1S/C22H24Cl2F2N2O.C5H9NO2/c1-22(2,3)10-18-19(21(29)28-12-7-8-17(25)16(24)9-12)14(11-27-18)13-5-4-6-15(23)20(13)26;7-3-6-4-1-5(8)2-4/h4-9,14,18-19,27H,10-11H2,1-3H3,(H,28,29);3-5,8H,1-2H2,(H,6,7). The lowest BCUT2D eigenvalue weighted by atomic mass is 9.78. The second kappa shape index (κ2) is 12.5. The third kappa shape index (κ3) is 7.87. The van der Waals surface area contributed by atoms with Crippen LogP contribution in [0, 0.1) is 23.0 Å². The fourth-order valence-corrected chi connectivity index (χ4v) is 5.13. The number of hydrogen-bond acceptors (Lipinski definition) is 4. The number of rotatable bonds is 6. The summed E-state index contributed by atoms with van der Waals surface area (Å²) in [5, 5.41) is 17.4. The average Bonchev–Trinajstić information content (AvgIpc) is 3.19. The maximum Gasteiger partial charge on any atom is 0.229 e. The van der Waals surface area contributed by atoms with Crippen molar-refractivity contribution >= 4 is 41.2 Å². The number of hydrogen-bond donors (Lipinski definition) is 4. The highest BCUT2D eigenvalue weighted by Crippen LogP contribution is 2.39. The Labute approximate surface area is 226 Å². The number of carbonyl (C=O) groups is 2. The minimum Gasteiger partial charge on any atom is -0.393 e. The van der Waals surface area contributed by atoms with Crippen molar-refractivity contribution in [3.8, 4) is 0 Å². The van der Waals surface area contributed by atoms with Crippen molar-refractivity contribution in [3.63, 3.8) is 0 Å². The van der Waals surface area contributed by atoms with Crippen molar-refractivity contribution in [2.45, 2.75) is 64.1 Å². The van der Waals surface area contributed by atoms with Gasteiger partial charge in [0.25, 0.3) is 0 Å².